The van der Waals surface area contributed by atoms with Gasteiger partial charge in [0.1, 0.15) is 11.5 Å². The van der Waals surface area contributed by atoms with Crippen molar-refractivity contribution < 1.29 is 24.5 Å². The average Bonchev–Trinajstić information content (AvgIpc) is 2.80. The van der Waals surface area contributed by atoms with Gasteiger partial charge in [0.05, 0.1) is 13.7 Å². The fourth-order valence-electron chi connectivity index (χ4n) is 4.70. The first-order valence-corrected chi connectivity index (χ1v) is 12.1. The lowest BCUT2D eigenvalue weighted by Gasteiger charge is -2.42. The Balaban J connectivity index is 2.16. The highest BCUT2D eigenvalue weighted by Crippen LogP contribution is 2.50. The summed E-state index contributed by atoms with van der Waals surface area (Å²) >= 11 is 0. The van der Waals surface area contributed by atoms with E-state index in [1.807, 2.05) is 18.2 Å². The summed E-state index contributed by atoms with van der Waals surface area (Å²) in [7, 11) is 1.65. The third kappa shape index (κ3) is 5.82. The molecule has 0 unspecified atom stereocenters. The van der Waals surface area contributed by atoms with Gasteiger partial charge in [-0.3, -0.25) is 0 Å². The van der Waals surface area contributed by atoms with E-state index in [0.717, 1.165) is 60.6 Å². The van der Waals surface area contributed by atoms with Crippen molar-refractivity contribution in [1.29, 1.82) is 0 Å². The molecule has 5 nitrogen and oxygen atoms in total. The minimum absolute atomic E-state index is 0.0350. The number of rotatable bonds is 10. The van der Waals surface area contributed by atoms with Crippen molar-refractivity contribution in [1.82, 2.24) is 0 Å². The molecule has 0 saturated carbocycles. The molecule has 2 aromatic carbocycles. The molecule has 0 aromatic heterocycles. The lowest BCUT2D eigenvalue weighted by atomic mass is 9.62. The summed E-state index contributed by atoms with van der Waals surface area (Å²) in [6.07, 6.45) is 7.49. The fraction of sp³-hybridized carbons (Fsp3) is 0.483. The number of unbranched alkanes of at least 4 members (excludes halogenated alkanes) is 2. The van der Waals surface area contributed by atoms with Gasteiger partial charge in [0.2, 0.25) is 0 Å². The summed E-state index contributed by atoms with van der Waals surface area (Å²) in [6, 6.07) is 10.1. The van der Waals surface area contributed by atoms with Crippen LogP contribution >= 0.6 is 0 Å². The molecule has 0 fully saturated rings. The summed E-state index contributed by atoms with van der Waals surface area (Å²) in [5.74, 6) is 0.540. The standard InChI is InChI=1S/C29H38O5/c1-28(2)13-14-29(3,4)24-19-26(34-16-8-6-7-15-30)22(18-23(24)28)21-17-20(10-12-27(31)32)9-11-25(21)33-5/h9-12,17-19,30H,6-8,13-16H2,1-5H3,(H,31,32)/b12-10+. The number of ether oxygens (including phenoxy) is 2. The lowest BCUT2D eigenvalue weighted by Crippen LogP contribution is -2.34. The van der Waals surface area contributed by atoms with Crippen LogP contribution in [0.2, 0.25) is 0 Å². The number of carboxylic acid groups (broad SMARTS) is 1. The normalized spacial score (nSPS) is 16.3. The summed E-state index contributed by atoms with van der Waals surface area (Å²) in [5.41, 5.74) is 5.33. The molecule has 0 bridgehead atoms. The highest BCUT2D eigenvalue weighted by atomic mass is 16.5. The maximum Gasteiger partial charge on any atom is 0.328 e. The zero-order valence-corrected chi connectivity index (χ0v) is 21.1. The number of aliphatic hydroxyl groups excluding tert-OH is 1. The van der Waals surface area contributed by atoms with E-state index in [9.17, 15) is 4.79 Å². The molecule has 0 saturated heterocycles. The van der Waals surface area contributed by atoms with Crippen molar-refractivity contribution in [2.75, 3.05) is 20.3 Å². The minimum atomic E-state index is -0.984. The quantitative estimate of drug-likeness (QED) is 0.315. The van der Waals surface area contributed by atoms with E-state index in [2.05, 4.69) is 39.8 Å². The van der Waals surface area contributed by atoms with Crippen LogP contribution in [-0.4, -0.2) is 36.5 Å². The SMILES string of the molecule is COc1ccc(/C=C/C(=O)O)cc1-c1cc2c(cc1OCCCCCO)C(C)(C)CCC2(C)C. The van der Waals surface area contributed by atoms with Crippen LogP contribution in [0, 0.1) is 0 Å². The molecule has 0 atom stereocenters. The number of hydrogen-bond acceptors (Lipinski definition) is 4. The van der Waals surface area contributed by atoms with Crippen molar-refractivity contribution in [3.63, 3.8) is 0 Å². The molecule has 0 radical (unpaired) electrons. The van der Waals surface area contributed by atoms with Gasteiger partial charge in [-0.2, -0.15) is 0 Å². The van der Waals surface area contributed by atoms with E-state index in [4.69, 9.17) is 19.7 Å². The highest BCUT2D eigenvalue weighted by molar-refractivity contribution is 5.86. The van der Waals surface area contributed by atoms with Crippen LogP contribution < -0.4 is 9.47 Å². The molecule has 34 heavy (non-hydrogen) atoms. The van der Waals surface area contributed by atoms with Crippen LogP contribution in [-0.2, 0) is 15.6 Å². The van der Waals surface area contributed by atoms with E-state index >= 15 is 0 Å². The Kier molecular flexibility index (Phi) is 8.09. The summed E-state index contributed by atoms with van der Waals surface area (Å²) in [5, 5.41) is 18.1. The number of hydrogen-bond donors (Lipinski definition) is 2. The molecule has 5 heteroatoms. The maximum absolute atomic E-state index is 11.0. The Morgan fingerprint density at radius 3 is 2.21 bits per heavy atom. The molecule has 0 aliphatic heterocycles. The van der Waals surface area contributed by atoms with Gasteiger partial charge in [-0.15, -0.1) is 0 Å². The summed E-state index contributed by atoms with van der Waals surface area (Å²) in [4.78, 5) is 11.0. The van der Waals surface area contributed by atoms with Crippen LogP contribution in [0.15, 0.2) is 36.4 Å². The van der Waals surface area contributed by atoms with E-state index in [-0.39, 0.29) is 17.4 Å². The number of aliphatic carboxylic acids is 1. The van der Waals surface area contributed by atoms with Crippen molar-refractivity contribution in [2.24, 2.45) is 0 Å². The van der Waals surface area contributed by atoms with Gasteiger partial charge in [0.25, 0.3) is 0 Å². The van der Waals surface area contributed by atoms with E-state index < -0.39 is 5.97 Å². The van der Waals surface area contributed by atoms with Crippen LogP contribution in [0.1, 0.15) is 76.5 Å². The van der Waals surface area contributed by atoms with E-state index in [1.165, 1.54) is 11.1 Å². The second-order valence-electron chi connectivity index (χ2n) is 10.4. The number of benzene rings is 2. The minimum Gasteiger partial charge on any atom is -0.496 e. The molecule has 0 heterocycles. The first-order chi connectivity index (χ1) is 16.1. The van der Waals surface area contributed by atoms with Gasteiger partial charge >= 0.3 is 5.97 Å². The Morgan fingerprint density at radius 1 is 0.941 bits per heavy atom. The summed E-state index contributed by atoms with van der Waals surface area (Å²) < 4.78 is 12.1. The largest absolute Gasteiger partial charge is 0.496 e. The van der Waals surface area contributed by atoms with Crippen LogP contribution in [0.25, 0.3) is 17.2 Å². The molecule has 0 spiro atoms. The van der Waals surface area contributed by atoms with Gasteiger partial charge in [-0.05, 0) is 90.0 Å². The van der Waals surface area contributed by atoms with E-state index in [1.54, 1.807) is 13.2 Å². The van der Waals surface area contributed by atoms with Crippen molar-refractivity contribution in [3.8, 4) is 22.6 Å². The smallest absolute Gasteiger partial charge is 0.328 e. The number of carboxylic acids is 1. The molecule has 2 N–H and O–H groups in total. The molecular formula is C29H38O5. The summed E-state index contributed by atoms with van der Waals surface area (Å²) in [6.45, 7) is 9.94. The zero-order chi connectivity index (χ0) is 24.9. The fourth-order valence-corrected chi connectivity index (χ4v) is 4.70. The second kappa shape index (κ2) is 10.6. The van der Waals surface area contributed by atoms with E-state index in [0.29, 0.717) is 12.4 Å². The first kappa shape index (κ1) is 25.8. The lowest BCUT2D eigenvalue weighted by molar-refractivity contribution is -0.131. The topological polar surface area (TPSA) is 76.0 Å². The Hall–Kier alpha value is -2.79. The average molecular weight is 467 g/mol. The predicted octanol–water partition coefficient (Wildman–Crippen LogP) is 6.35. The monoisotopic (exact) mass is 466 g/mol. The Bertz CT molecular complexity index is 1050. The number of aliphatic hydroxyl groups is 1. The van der Waals surface area contributed by atoms with Crippen LogP contribution in [0.4, 0.5) is 0 Å². The van der Waals surface area contributed by atoms with Crippen molar-refractivity contribution in [2.45, 2.75) is 70.6 Å². The maximum atomic E-state index is 11.0. The molecule has 0 amide bonds. The first-order valence-electron chi connectivity index (χ1n) is 12.1. The molecular weight excluding hydrogens is 428 g/mol. The van der Waals surface area contributed by atoms with Crippen molar-refractivity contribution in [3.05, 3.63) is 53.1 Å². The zero-order valence-electron chi connectivity index (χ0n) is 21.1. The number of methoxy groups -OCH3 is 1. The second-order valence-corrected chi connectivity index (χ2v) is 10.4. The molecule has 1 aliphatic carbocycles. The van der Waals surface area contributed by atoms with Gasteiger partial charge in [-0.1, -0.05) is 33.8 Å². The Morgan fingerprint density at radius 2 is 1.59 bits per heavy atom. The van der Waals surface area contributed by atoms with Crippen LogP contribution in [0.5, 0.6) is 11.5 Å². The van der Waals surface area contributed by atoms with Gasteiger partial charge < -0.3 is 19.7 Å². The Labute approximate surface area is 203 Å². The molecule has 184 valence electrons. The molecule has 2 aromatic rings. The predicted molar refractivity (Wildman–Crippen MR) is 137 cm³/mol. The molecule has 1 aliphatic rings. The molecule has 3 rings (SSSR count). The van der Waals surface area contributed by atoms with Gasteiger partial charge in [0.15, 0.2) is 0 Å². The number of fused-ring (bicyclic) bond motifs is 1. The van der Waals surface area contributed by atoms with Crippen molar-refractivity contribution >= 4 is 12.0 Å². The van der Waals surface area contributed by atoms with Gasteiger partial charge in [-0.25, -0.2) is 4.79 Å². The third-order valence-corrected chi connectivity index (χ3v) is 6.95. The van der Waals surface area contributed by atoms with Crippen LogP contribution in [0.3, 0.4) is 0 Å². The number of carbonyl (C=O) groups is 1. The third-order valence-electron chi connectivity index (χ3n) is 6.95. The highest BCUT2D eigenvalue weighted by Gasteiger charge is 2.38. The van der Waals surface area contributed by atoms with Gasteiger partial charge in [0, 0.05) is 23.8 Å².